The number of hydrogen-bond donors (Lipinski definition) is 2. The Morgan fingerprint density at radius 2 is 1.93 bits per heavy atom. The maximum atomic E-state index is 13.0. The number of amides is 4. The van der Waals surface area contributed by atoms with Gasteiger partial charge in [0.25, 0.3) is 5.91 Å². The van der Waals surface area contributed by atoms with E-state index < -0.39 is 29.9 Å². The van der Waals surface area contributed by atoms with Crippen molar-refractivity contribution in [1.82, 2.24) is 10.2 Å². The number of carbonyl (C=O) groups excluding carboxylic acids is 3. The van der Waals surface area contributed by atoms with Crippen molar-refractivity contribution in [2.45, 2.75) is 18.9 Å². The minimum absolute atomic E-state index is 0.349. The summed E-state index contributed by atoms with van der Waals surface area (Å²) in [4.78, 5) is 38.7. The van der Waals surface area contributed by atoms with E-state index in [0.29, 0.717) is 22.7 Å². The molecule has 0 saturated carbocycles. The lowest BCUT2D eigenvalue weighted by Crippen LogP contribution is -2.44. The molecular formula is C19H17BrClN3O3. The molecule has 0 bridgehead atoms. The number of anilines is 1. The van der Waals surface area contributed by atoms with Gasteiger partial charge in [-0.1, -0.05) is 64.8 Å². The molecule has 1 fully saturated rings. The molecule has 6 nitrogen and oxygen atoms in total. The lowest BCUT2D eigenvalue weighted by atomic mass is 9.87. The van der Waals surface area contributed by atoms with E-state index in [9.17, 15) is 14.4 Å². The van der Waals surface area contributed by atoms with Crippen LogP contribution in [-0.4, -0.2) is 29.3 Å². The number of urea groups is 1. The number of carbonyl (C=O) groups is 3. The summed E-state index contributed by atoms with van der Waals surface area (Å²) in [6.45, 7) is 1.42. The highest BCUT2D eigenvalue weighted by molar-refractivity contribution is 9.10. The number of benzene rings is 2. The Balaban J connectivity index is 1.78. The van der Waals surface area contributed by atoms with E-state index in [4.69, 9.17) is 11.6 Å². The van der Waals surface area contributed by atoms with Crippen LogP contribution in [0.1, 0.15) is 18.9 Å². The van der Waals surface area contributed by atoms with E-state index in [-0.39, 0.29) is 0 Å². The Bertz CT molecular complexity index is 906. The fourth-order valence-corrected chi connectivity index (χ4v) is 3.78. The van der Waals surface area contributed by atoms with Crippen LogP contribution < -0.4 is 10.6 Å². The Morgan fingerprint density at radius 3 is 2.56 bits per heavy atom. The predicted octanol–water partition coefficient (Wildman–Crippen LogP) is 3.90. The van der Waals surface area contributed by atoms with Crippen LogP contribution in [0.5, 0.6) is 0 Å². The monoisotopic (exact) mass is 449 g/mol. The summed E-state index contributed by atoms with van der Waals surface area (Å²) < 4.78 is 0.773. The summed E-state index contributed by atoms with van der Waals surface area (Å²) in [7, 11) is 0. The van der Waals surface area contributed by atoms with Crippen LogP contribution in [0.3, 0.4) is 0 Å². The molecule has 140 valence electrons. The quantitative estimate of drug-likeness (QED) is 0.678. The van der Waals surface area contributed by atoms with Crippen LogP contribution in [0.2, 0.25) is 5.02 Å². The largest absolute Gasteiger partial charge is 0.325 e. The van der Waals surface area contributed by atoms with Gasteiger partial charge in [0.1, 0.15) is 12.1 Å². The second-order valence-corrected chi connectivity index (χ2v) is 7.44. The summed E-state index contributed by atoms with van der Waals surface area (Å²) in [6.07, 6.45) is 0.373. The zero-order valence-corrected chi connectivity index (χ0v) is 16.8. The molecule has 1 aliphatic heterocycles. The van der Waals surface area contributed by atoms with E-state index in [0.717, 1.165) is 9.37 Å². The molecule has 1 heterocycles. The molecule has 1 saturated heterocycles. The van der Waals surface area contributed by atoms with E-state index in [1.165, 1.54) is 0 Å². The topological polar surface area (TPSA) is 78.5 Å². The highest BCUT2D eigenvalue weighted by atomic mass is 79.9. The van der Waals surface area contributed by atoms with Gasteiger partial charge >= 0.3 is 6.03 Å². The number of rotatable bonds is 5. The average molecular weight is 451 g/mol. The van der Waals surface area contributed by atoms with Crippen molar-refractivity contribution in [3.8, 4) is 0 Å². The molecule has 1 aliphatic rings. The summed E-state index contributed by atoms with van der Waals surface area (Å²) >= 11 is 9.38. The van der Waals surface area contributed by atoms with Gasteiger partial charge in [-0.25, -0.2) is 4.79 Å². The Kier molecular flexibility index (Phi) is 5.53. The fourth-order valence-electron chi connectivity index (χ4n) is 3.06. The number of imide groups is 1. The second kappa shape index (κ2) is 7.70. The maximum Gasteiger partial charge on any atom is 0.325 e. The van der Waals surface area contributed by atoms with E-state index >= 15 is 0 Å². The average Bonchev–Trinajstić information content (AvgIpc) is 2.90. The van der Waals surface area contributed by atoms with Crippen molar-refractivity contribution < 1.29 is 14.4 Å². The van der Waals surface area contributed by atoms with E-state index in [2.05, 4.69) is 26.6 Å². The van der Waals surface area contributed by atoms with Gasteiger partial charge in [0.2, 0.25) is 5.91 Å². The lowest BCUT2D eigenvalue weighted by Gasteiger charge is -2.25. The molecule has 4 amide bonds. The Morgan fingerprint density at radius 1 is 1.22 bits per heavy atom. The van der Waals surface area contributed by atoms with Gasteiger partial charge < -0.3 is 10.6 Å². The third-order valence-electron chi connectivity index (χ3n) is 4.48. The number of hydrogen-bond acceptors (Lipinski definition) is 3. The number of nitrogens with zero attached hydrogens (tertiary/aromatic N) is 1. The van der Waals surface area contributed by atoms with Crippen molar-refractivity contribution in [2.75, 3.05) is 11.9 Å². The molecule has 8 heteroatoms. The molecule has 2 aromatic rings. The van der Waals surface area contributed by atoms with Gasteiger partial charge in [0, 0.05) is 4.47 Å². The van der Waals surface area contributed by atoms with Gasteiger partial charge in [-0.05, 0) is 30.2 Å². The molecule has 1 atom stereocenters. The zero-order chi connectivity index (χ0) is 19.6. The lowest BCUT2D eigenvalue weighted by molar-refractivity contribution is -0.134. The first kappa shape index (κ1) is 19.4. The van der Waals surface area contributed by atoms with Gasteiger partial charge in [0.15, 0.2) is 0 Å². The molecule has 27 heavy (non-hydrogen) atoms. The van der Waals surface area contributed by atoms with E-state index in [1.807, 2.05) is 13.0 Å². The molecule has 0 spiro atoms. The van der Waals surface area contributed by atoms with Gasteiger partial charge in [0.05, 0.1) is 10.7 Å². The highest BCUT2D eigenvalue weighted by Crippen LogP contribution is 2.32. The molecule has 0 aliphatic carbocycles. The van der Waals surface area contributed by atoms with Gasteiger partial charge in [-0.3, -0.25) is 14.5 Å². The van der Waals surface area contributed by atoms with Crippen molar-refractivity contribution >= 4 is 51.1 Å². The molecule has 3 rings (SSSR count). The number of nitrogens with one attached hydrogen (secondary N) is 2. The molecule has 1 unspecified atom stereocenters. The zero-order valence-electron chi connectivity index (χ0n) is 14.5. The third kappa shape index (κ3) is 3.70. The van der Waals surface area contributed by atoms with Gasteiger partial charge in [-0.2, -0.15) is 0 Å². The predicted molar refractivity (Wildman–Crippen MR) is 106 cm³/mol. The van der Waals surface area contributed by atoms with Crippen LogP contribution in [0.25, 0.3) is 0 Å². The van der Waals surface area contributed by atoms with Crippen LogP contribution in [0, 0.1) is 0 Å². The fraction of sp³-hybridized carbons (Fsp3) is 0.211. The Hall–Kier alpha value is -2.38. The standard InChI is InChI=1S/C19H17BrClN3O3/c1-2-19(12-6-4-3-5-7-12)17(26)24(18(27)23-19)11-16(25)22-15-9-8-13(20)10-14(15)21/h3-10H,2,11H2,1H3,(H,22,25)(H,23,27). The first-order valence-electron chi connectivity index (χ1n) is 8.32. The van der Waals surface area contributed by atoms with Crippen LogP contribution >= 0.6 is 27.5 Å². The molecular weight excluding hydrogens is 434 g/mol. The molecule has 0 aromatic heterocycles. The summed E-state index contributed by atoms with van der Waals surface area (Å²) in [6, 6.07) is 13.4. The summed E-state index contributed by atoms with van der Waals surface area (Å²) in [5.74, 6) is -0.957. The summed E-state index contributed by atoms with van der Waals surface area (Å²) in [5.41, 5.74) is -0.0695. The molecule has 2 aromatic carbocycles. The van der Waals surface area contributed by atoms with Crippen LogP contribution in [0.15, 0.2) is 53.0 Å². The molecule has 2 N–H and O–H groups in total. The molecule has 0 radical (unpaired) electrons. The number of halogens is 2. The second-order valence-electron chi connectivity index (χ2n) is 6.12. The highest BCUT2D eigenvalue weighted by Gasteiger charge is 2.51. The first-order valence-corrected chi connectivity index (χ1v) is 9.49. The summed E-state index contributed by atoms with van der Waals surface area (Å²) in [5, 5.41) is 5.72. The van der Waals surface area contributed by atoms with Crippen molar-refractivity contribution in [2.24, 2.45) is 0 Å². The normalized spacial score (nSPS) is 19.1. The first-order chi connectivity index (χ1) is 12.9. The van der Waals surface area contributed by atoms with Crippen molar-refractivity contribution in [3.63, 3.8) is 0 Å². The van der Waals surface area contributed by atoms with Gasteiger partial charge in [-0.15, -0.1) is 0 Å². The third-order valence-corrected chi connectivity index (χ3v) is 5.29. The smallest absolute Gasteiger partial charge is 0.323 e. The Labute approximate surface area is 170 Å². The minimum atomic E-state index is -1.16. The van der Waals surface area contributed by atoms with Crippen LogP contribution in [-0.2, 0) is 15.1 Å². The van der Waals surface area contributed by atoms with Crippen molar-refractivity contribution in [3.05, 3.63) is 63.6 Å². The van der Waals surface area contributed by atoms with Crippen molar-refractivity contribution in [1.29, 1.82) is 0 Å². The SMILES string of the molecule is CCC1(c2ccccc2)NC(=O)N(CC(=O)Nc2ccc(Br)cc2Cl)C1=O. The van der Waals surface area contributed by atoms with E-state index in [1.54, 1.807) is 42.5 Å². The maximum absolute atomic E-state index is 13.0. The minimum Gasteiger partial charge on any atom is -0.323 e. The van der Waals surface area contributed by atoms with Crippen LogP contribution in [0.4, 0.5) is 10.5 Å².